The van der Waals surface area contributed by atoms with Crippen molar-refractivity contribution in [3.63, 3.8) is 0 Å². The Morgan fingerprint density at radius 2 is 0.663 bits per heavy atom. The SMILES string of the molecule is CCCCCCC/C=C\C/C=C\CCCCCCCCCCCCCCCCCCCCCCCCCCCC(=O)NC(COC1OC(CO)C(O)C(O)C1O)C(O)CCCCCCCCCCCCCCCCCCCCCCCCCCCCCCC. The summed E-state index contributed by atoms with van der Waals surface area (Å²) in [6.07, 6.45) is 85.8. The van der Waals surface area contributed by atoms with Crippen molar-refractivity contribution in [1.29, 1.82) is 0 Å². The van der Waals surface area contributed by atoms with Gasteiger partial charge in [-0.3, -0.25) is 4.79 Å². The number of aliphatic hydroxyl groups excluding tert-OH is 5. The minimum Gasteiger partial charge on any atom is -0.394 e. The number of allylic oxidation sites excluding steroid dienone is 4. The standard InChI is InChI=1S/C80H155NO8/c1-3-5-7-9-11-13-15-17-19-21-23-25-27-29-31-33-34-35-36-37-38-39-40-42-44-46-48-50-52-54-56-58-60-62-64-66-68-70-76(84)81-73(72-88-80-79(87)78(86)77(85)75(71-82)89-80)74(83)69-67-65-63-61-59-57-55-53-51-49-47-45-43-41-32-30-28-26-24-22-20-18-16-14-12-10-8-6-4-2/h15,17,21,23,73-75,77-80,82-83,85-87H,3-14,16,18-20,22,24-72H2,1-2H3,(H,81,84)/b17-15-,23-21-. The summed E-state index contributed by atoms with van der Waals surface area (Å²) in [5, 5.41) is 55.1. The molecule has 1 aliphatic heterocycles. The number of aliphatic hydroxyl groups is 5. The molecule has 6 N–H and O–H groups in total. The zero-order valence-corrected chi connectivity index (χ0v) is 59.5. The number of carbonyl (C=O) groups is 1. The fraction of sp³-hybridized carbons (Fsp3) is 0.938. The minimum absolute atomic E-state index is 0.132. The summed E-state index contributed by atoms with van der Waals surface area (Å²) < 4.78 is 11.4. The highest BCUT2D eigenvalue weighted by atomic mass is 16.7. The number of carbonyl (C=O) groups excluding carboxylic acids is 1. The fourth-order valence-corrected chi connectivity index (χ4v) is 13.3. The zero-order chi connectivity index (χ0) is 64.2. The van der Waals surface area contributed by atoms with E-state index in [4.69, 9.17) is 9.47 Å². The Bertz CT molecular complexity index is 1460. The first-order valence-corrected chi connectivity index (χ1v) is 40.0. The van der Waals surface area contributed by atoms with Crippen molar-refractivity contribution in [2.24, 2.45) is 0 Å². The van der Waals surface area contributed by atoms with Gasteiger partial charge in [-0.1, -0.05) is 398 Å². The van der Waals surface area contributed by atoms with E-state index in [-0.39, 0.29) is 12.5 Å². The summed E-state index contributed by atoms with van der Waals surface area (Å²) >= 11 is 0. The molecule has 0 radical (unpaired) electrons. The quantitative estimate of drug-likeness (QED) is 0.0261. The molecular formula is C80H155NO8. The molecule has 0 bridgehead atoms. The molecule has 0 aromatic rings. The van der Waals surface area contributed by atoms with Gasteiger partial charge in [0.15, 0.2) is 6.29 Å². The van der Waals surface area contributed by atoms with Crippen LogP contribution in [0.4, 0.5) is 0 Å². The van der Waals surface area contributed by atoms with Crippen molar-refractivity contribution in [2.45, 2.75) is 468 Å². The molecule has 0 spiro atoms. The Labute approximate surface area is 553 Å². The van der Waals surface area contributed by atoms with Gasteiger partial charge >= 0.3 is 0 Å². The van der Waals surface area contributed by atoms with Crippen LogP contribution in [0.5, 0.6) is 0 Å². The Balaban J connectivity index is 2.04. The molecule has 9 nitrogen and oxygen atoms in total. The monoisotopic (exact) mass is 1260 g/mol. The second-order valence-electron chi connectivity index (χ2n) is 28.2. The third-order valence-electron chi connectivity index (χ3n) is 19.6. The molecule has 1 aliphatic rings. The molecule has 1 amide bonds. The first kappa shape index (κ1) is 85.7. The number of hydrogen-bond donors (Lipinski definition) is 6. The maximum atomic E-state index is 13.2. The normalized spacial score (nSPS) is 17.9. The van der Waals surface area contributed by atoms with Crippen molar-refractivity contribution in [3.8, 4) is 0 Å². The summed E-state index contributed by atoms with van der Waals surface area (Å²) in [5.74, 6) is -0.133. The van der Waals surface area contributed by atoms with E-state index < -0.39 is 49.5 Å². The molecule has 0 aliphatic carbocycles. The summed E-state index contributed by atoms with van der Waals surface area (Å²) in [5.41, 5.74) is 0. The van der Waals surface area contributed by atoms with Gasteiger partial charge in [0.1, 0.15) is 24.4 Å². The second-order valence-corrected chi connectivity index (χ2v) is 28.2. The third-order valence-corrected chi connectivity index (χ3v) is 19.6. The Morgan fingerprint density at radius 3 is 0.966 bits per heavy atom. The zero-order valence-electron chi connectivity index (χ0n) is 59.5. The van der Waals surface area contributed by atoms with E-state index >= 15 is 0 Å². The number of rotatable bonds is 72. The highest BCUT2D eigenvalue weighted by Crippen LogP contribution is 2.24. The van der Waals surface area contributed by atoms with Gasteiger partial charge in [-0.15, -0.1) is 0 Å². The Kier molecular flexibility index (Phi) is 66.9. The minimum atomic E-state index is -1.55. The fourth-order valence-electron chi connectivity index (χ4n) is 13.3. The molecule has 1 rings (SSSR count). The predicted molar refractivity (Wildman–Crippen MR) is 383 cm³/mol. The highest BCUT2D eigenvalue weighted by molar-refractivity contribution is 5.76. The van der Waals surface area contributed by atoms with Crippen LogP contribution >= 0.6 is 0 Å². The van der Waals surface area contributed by atoms with Crippen LogP contribution in [0.15, 0.2) is 24.3 Å². The van der Waals surface area contributed by atoms with Crippen LogP contribution in [-0.4, -0.2) is 87.5 Å². The highest BCUT2D eigenvalue weighted by Gasteiger charge is 2.44. The predicted octanol–water partition coefficient (Wildman–Crippen LogP) is 22.8. The van der Waals surface area contributed by atoms with Crippen LogP contribution in [0, 0.1) is 0 Å². The van der Waals surface area contributed by atoms with E-state index in [0.29, 0.717) is 12.8 Å². The molecule has 1 heterocycles. The van der Waals surface area contributed by atoms with Gasteiger partial charge in [-0.2, -0.15) is 0 Å². The van der Waals surface area contributed by atoms with E-state index in [1.807, 2.05) is 0 Å². The number of ether oxygens (including phenoxy) is 2. The van der Waals surface area contributed by atoms with Gasteiger partial charge < -0.3 is 40.3 Å². The van der Waals surface area contributed by atoms with E-state index in [2.05, 4.69) is 43.5 Å². The third kappa shape index (κ3) is 57.8. The lowest BCUT2D eigenvalue weighted by molar-refractivity contribution is -0.302. The topological polar surface area (TPSA) is 149 Å². The molecule has 1 saturated heterocycles. The van der Waals surface area contributed by atoms with Crippen LogP contribution in [0.2, 0.25) is 0 Å². The molecule has 9 heteroatoms. The average molecular weight is 1260 g/mol. The van der Waals surface area contributed by atoms with Gasteiger partial charge in [-0.25, -0.2) is 0 Å². The molecule has 0 aromatic heterocycles. The molecule has 0 saturated carbocycles. The molecular weight excluding hydrogens is 1100 g/mol. The summed E-state index contributed by atoms with van der Waals surface area (Å²) in [4.78, 5) is 13.2. The van der Waals surface area contributed by atoms with Gasteiger partial charge in [0.2, 0.25) is 5.91 Å². The molecule has 7 atom stereocenters. The first-order valence-electron chi connectivity index (χ1n) is 40.0. The molecule has 1 fully saturated rings. The van der Waals surface area contributed by atoms with Gasteiger partial charge in [-0.05, 0) is 44.9 Å². The van der Waals surface area contributed by atoms with Gasteiger partial charge in [0, 0.05) is 6.42 Å². The summed E-state index contributed by atoms with van der Waals surface area (Å²) in [6.45, 7) is 3.90. The summed E-state index contributed by atoms with van der Waals surface area (Å²) in [7, 11) is 0. The van der Waals surface area contributed by atoms with Crippen LogP contribution in [0.25, 0.3) is 0 Å². The maximum absolute atomic E-state index is 13.2. The van der Waals surface area contributed by atoms with Crippen molar-refractivity contribution in [3.05, 3.63) is 24.3 Å². The lowest BCUT2D eigenvalue weighted by Gasteiger charge is -2.40. The largest absolute Gasteiger partial charge is 0.394 e. The van der Waals surface area contributed by atoms with E-state index in [1.165, 1.54) is 353 Å². The van der Waals surface area contributed by atoms with Crippen molar-refractivity contribution >= 4 is 5.91 Å². The average Bonchev–Trinajstić information content (AvgIpc) is 2.28. The molecule has 7 unspecified atom stereocenters. The molecule has 528 valence electrons. The van der Waals surface area contributed by atoms with Crippen molar-refractivity contribution < 1.29 is 39.8 Å². The Hall–Kier alpha value is -1.33. The second kappa shape index (κ2) is 69.5. The molecule has 89 heavy (non-hydrogen) atoms. The number of hydrogen-bond acceptors (Lipinski definition) is 8. The van der Waals surface area contributed by atoms with Crippen LogP contribution in [0.1, 0.15) is 425 Å². The summed E-state index contributed by atoms with van der Waals surface area (Å²) in [6, 6.07) is -0.718. The first-order chi connectivity index (χ1) is 43.8. The Morgan fingerprint density at radius 1 is 0.382 bits per heavy atom. The van der Waals surface area contributed by atoms with Gasteiger partial charge in [0.05, 0.1) is 25.4 Å². The van der Waals surface area contributed by atoms with E-state index in [1.54, 1.807) is 0 Å². The number of amides is 1. The van der Waals surface area contributed by atoms with Crippen LogP contribution < -0.4 is 5.32 Å². The van der Waals surface area contributed by atoms with Crippen LogP contribution in [0.3, 0.4) is 0 Å². The van der Waals surface area contributed by atoms with Crippen LogP contribution in [-0.2, 0) is 14.3 Å². The number of nitrogens with one attached hydrogen (secondary N) is 1. The van der Waals surface area contributed by atoms with Crippen molar-refractivity contribution in [1.82, 2.24) is 5.32 Å². The van der Waals surface area contributed by atoms with Crippen molar-refractivity contribution in [2.75, 3.05) is 13.2 Å². The number of unbranched alkanes of at least 4 members (excludes halogenated alkanes) is 58. The van der Waals surface area contributed by atoms with E-state index in [9.17, 15) is 30.3 Å². The maximum Gasteiger partial charge on any atom is 0.220 e. The smallest absolute Gasteiger partial charge is 0.220 e. The van der Waals surface area contributed by atoms with E-state index in [0.717, 1.165) is 44.9 Å². The van der Waals surface area contributed by atoms with Gasteiger partial charge in [0.25, 0.3) is 0 Å². The lowest BCUT2D eigenvalue weighted by Crippen LogP contribution is -2.60. The molecule has 0 aromatic carbocycles. The lowest BCUT2D eigenvalue weighted by atomic mass is 9.99.